The van der Waals surface area contributed by atoms with Crippen LogP contribution in [0.5, 0.6) is 11.5 Å². The van der Waals surface area contributed by atoms with E-state index in [1.165, 1.54) is 0 Å². The molecule has 2 aliphatic rings. The van der Waals surface area contributed by atoms with Crippen LogP contribution in [0.4, 0.5) is 0 Å². The van der Waals surface area contributed by atoms with E-state index in [1.54, 1.807) is 19.1 Å². The maximum atomic E-state index is 13.8. The van der Waals surface area contributed by atoms with Gasteiger partial charge in [0.05, 0.1) is 14.2 Å². The van der Waals surface area contributed by atoms with Gasteiger partial charge in [0.2, 0.25) is 0 Å². The lowest BCUT2D eigenvalue weighted by Gasteiger charge is -2.42. The van der Waals surface area contributed by atoms with Crippen LogP contribution in [0, 0.1) is 11.8 Å². The molecule has 4 rings (SSSR count). The van der Waals surface area contributed by atoms with E-state index in [9.17, 15) is 9.90 Å². The number of ether oxygens (including phenoxy) is 2. The molecule has 186 valence electrons. The minimum Gasteiger partial charge on any atom is -0.493 e. The van der Waals surface area contributed by atoms with Crippen LogP contribution < -0.4 is 9.47 Å². The smallest absolute Gasteiger partial charge is 0.254 e. The lowest BCUT2D eigenvalue weighted by atomic mass is 9.78. The Bertz CT molecular complexity index is 1180. The van der Waals surface area contributed by atoms with Crippen LogP contribution in [-0.4, -0.2) is 57.2 Å². The monoisotopic (exact) mass is 493 g/mol. The molecule has 2 aromatic carbocycles. The minimum absolute atomic E-state index is 0.118. The molecule has 0 radical (unpaired) electrons. The average Bonchev–Trinajstić information content (AvgIpc) is 3.03. The molecule has 0 unspecified atom stereocenters. The number of aliphatic hydroxyl groups is 1. The number of fused-ring (bicyclic) bond motifs is 3. The molecule has 1 fully saturated rings. The normalized spacial score (nSPS) is 23.8. The second-order valence-corrected chi connectivity index (χ2v) is 15.5. The number of carbonyl (C=O) groups excluding carboxylic acids is 1. The molecule has 2 aromatic rings. The van der Waals surface area contributed by atoms with Crippen molar-refractivity contribution in [3.8, 4) is 23.3 Å². The van der Waals surface area contributed by atoms with Crippen molar-refractivity contribution >= 4 is 14.2 Å². The van der Waals surface area contributed by atoms with Gasteiger partial charge in [-0.2, -0.15) is 0 Å². The van der Waals surface area contributed by atoms with Gasteiger partial charge in [-0.1, -0.05) is 50.8 Å². The van der Waals surface area contributed by atoms with Crippen LogP contribution in [0.2, 0.25) is 18.1 Å². The summed E-state index contributed by atoms with van der Waals surface area (Å²) in [5, 5.41) is 11.8. The number of carbonyl (C=O) groups is 1. The second kappa shape index (κ2) is 9.01. The zero-order chi connectivity index (χ0) is 25.6. The topological polar surface area (TPSA) is 68.2 Å². The first-order valence-corrected chi connectivity index (χ1v) is 14.9. The number of hydrogen-bond acceptors (Lipinski definition) is 5. The summed E-state index contributed by atoms with van der Waals surface area (Å²) in [5.41, 5.74) is 1.28. The fraction of sp³-hybridized carbons (Fsp3) is 0.464. The highest BCUT2D eigenvalue weighted by atomic mass is 28.4. The predicted octanol–water partition coefficient (Wildman–Crippen LogP) is 4.10. The van der Waals surface area contributed by atoms with Gasteiger partial charge in [0.15, 0.2) is 31.5 Å². The van der Waals surface area contributed by atoms with Gasteiger partial charge < -0.3 is 23.9 Å². The van der Waals surface area contributed by atoms with E-state index in [1.807, 2.05) is 42.5 Å². The van der Waals surface area contributed by atoms with E-state index in [4.69, 9.17) is 13.9 Å². The van der Waals surface area contributed by atoms with E-state index in [0.29, 0.717) is 24.5 Å². The quantitative estimate of drug-likeness (QED) is 0.513. The summed E-state index contributed by atoms with van der Waals surface area (Å²) in [4.78, 5) is 15.5. The first kappa shape index (κ1) is 25.3. The van der Waals surface area contributed by atoms with Gasteiger partial charge >= 0.3 is 0 Å². The van der Waals surface area contributed by atoms with Crippen molar-refractivity contribution in [2.24, 2.45) is 0 Å². The van der Waals surface area contributed by atoms with Crippen molar-refractivity contribution in [2.45, 2.75) is 63.1 Å². The fourth-order valence-corrected chi connectivity index (χ4v) is 5.87. The lowest BCUT2D eigenvalue weighted by Crippen LogP contribution is -2.52. The van der Waals surface area contributed by atoms with Gasteiger partial charge in [-0.3, -0.25) is 4.79 Å². The van der Waals surface area contributed by atoms with Gasteiger partial charge in [-0.25, -0.2) is 0 Å². The second-order valence-electron chi connectivity index (χ2n) is 10.7. The maximum absolute atomic E-state index is 13.8. The first-order valence-electron chi connectivity index (χ1n) is 12.0. The number of nitrogens with zero attached hydrogens (tertiary/aromatic N) is 1. The largest absolute Gasteiger partial charge is 0.493 e. The molecule has 0 aliphatic carbocycles. The maximum Gasteiger partial charge on any atom is 0.254 e. The van der Waals surface area contributed by atoms with Crippen LogP contribution in [0.3, 0.4) is 0 Å². The number of hydrogen-bond donors (Lipinski definition) is 1. The van der Waals surface area contributed by atoms with Gasteiger partial charge in [0.25, 0.3) is 5.91 Å². The Balaban J connectivity index is 1.92. The highest BCUT2D eigenvalue weighted by molar-refractivity contribution is 6.74. The molecule has 1 saturated heterocycles. The number of rotatable bonds is 4. The molecule has 6 nitrogen and oxygen atoms in total. The van der Waals surface area contributed by atoms with E-state index >= 15 is 0 Å². The third kappa shape index (κ3) is 4.14. The molecule has 1 amide bonds. The van der Waals surface area contributed by atoms with Crippen molar-refractivity contribution in [3.05, 3.63) is 59.2 Å². The molecule has 7 heteroatoms. The first-order chi connectivity index (χ1) is 16.5. The molecule has 1 N–H and O–H groups in total. The van der Waals surface area contributed by atoms with Gasteiger partial charge in [-0.15, -0.1) is 0 Å². The minimum atomic E-state index is -2.36. The van der Waals surface area contributed by atoms with E-state index in [2.05, 4.69) is 45.7 Å². The summed E-state index contributed by atoms with van der Waals surface area (Å²) < 4.78 is 17.7. The molecule has 0 saturated carbocycles. The zero-order valence-electron chi connectivity index (χ0n) is 21.6. The summed E-state index contributed by atoms with van der Waals surface area (Å²) in [6.45, 7) is 11.0. The van der Waals surface area contributed by atoms with Crippen molar-refractivity contribution in [3.63, 3.8) is 0 Å². The van der Waals surface area contributed by atoms with Crippen LogP contribution in [0.1, 0.15) is 37.5 Å². The van der Waals surface area contributed by atoms with Gasteiger partial charge in [-0.05, 0) is 59.9 Å². The summed E-state index contributed by atoms with van der Waals surface area (Å²) >= 11 is 0. The summed E-state index contributed by atoms with van der Waals surface area (Å²) in [5.74, 6) is 7.49. The molecule has 2 heterocycles. The lowest BCUT2D eigenvalue weighted by molar-refractivity contribution is -0.136. The van der Waals surface area contributed by atoms with E-state index in [-0.39, 0.29) is 10.9 Å². The van der Waals surface area contributed by atoms with Crippen LogP contribution in [0.25, 0.3) is 0 Å². The van der Waals surface area contributed by atoms with Crippen LogP contribution >= 0.6 is 0 Å². The Hall–Kier alpha value is -2.79. The van der Waals surface area contributed by atoms with Gasteiger partial charge in [0, 0.05) is 12.1 Å². The fourth-order valence-electron chi connectivity index (χ4n) is 4.65. The SMILES string of the molecule is COc1cc2c(cc1OC)[C@]1(C#Cc3ccccc3)[C@H](O)[C@@H](O[Si](C)(C)C(C)(C)C)C(=O)N1CC2. The van der Waals surface area contributed by atoms with E-state index < -0.39 is 26.1 Å². The number of methoxy groups -OCH3 is 2. The van der Waals surface area contributed by atoms with Crippen LogP contribution in [0.15, 0.2) is 42.5 Å². The number of benzene rings is 2. The summed E-state index contributed by atoms with van der Waals surface area (Å²) in [6.07, 6.45) is -1.53. The van der Waals surface area contributed by atoms with Crippen molar-refractivity contribution in [2.75, 3.05) is 20.8 Å². The van der Waals surface area contributed by atoms with Crippen molar-refractivity contribution in [1.29, 1.82) is 0 Å². The van der Waals surface area contributed by atoms with Gasteiger partial charge in [0.1, 0.15) is 6.10 Å². The summed E-state index contributed by atoms with van der Waals surface area (Å²) in [6, 6.07) is 13.4. The van der Waals surface area contributed by atoms with Crippen molar-refractivity contribution < 1.29 is 23.8 Å². The molecule has 0 spiro atoms. The molecule has 0 aromatic heterocycles. The van der Waals surface area contributed by atoms with Crippen LogP contribution in [-0.2, 0) is 21.2 Å². The van der Waals surface area contributed by atoms with E-state index in [0.717, 1.165) is 16.7 Å². The highest BCUT2D eigenvalue weighted by Crippen LogP contribution is 2.49. The van der Waals surface area contributed by atoms with Crippen molar-refractivity contribution in [1.82, 2.24) is 4.90 Å². The average molecular weight is 494 g/mol. The molecule has 0 bridgehead atoms. The Morgan fingerprint density at radius 3 is 2.31 bits per heavy atom. The number of aliphatic hydroxyl groups excluding tert-OH is 1. The Morgan fingerprint density at radius 2 is 1.71 bits per heavy atom. The zero-order valence-corrected chi connectivity index (χ0v) is 22.6. The standard InChI is InChI=1S/C28H35NO5Si/c1-27(2,3)35(6,7)34-24-25(30)28(15-13-19-11-9-8-10-12-19)21-18-23(33-5)22(32-4)17-20(21)14-16-29(28)26(24)31/h8-12,17-18,24-25,30H,14,16H2,1-7H3/t24-,25-,28-/m1/s1. The molecule has 3 atom stereocenters. The Kier molecular flexibility index (Phi) is 6.52. The predicted molar refractivity (Wildman–Crippen MR) is 138 cm³/mol. The highest BCUT2D eigenvalue weighted by Gasteiger charge is 2.62. The number of amides is 1. The summed E-state index contributed by atoms with van der Waals surface area (Å²) in [7, 11) is 0.813. The third-order valence-corrected chi connectivity index (χ3v) is 12.1. The molecule has 35 heavy (non-hydrogen) atoms. The molecular formula is C28H35NO5Si. The molecular weight excluding hydrogens is 458 g/mol. The Labute approximate surface area is 209 Å². The Morgan fingerprint density at radius 1 is 1.09 bits per heavy atom. The molecule has 2 aliphatic heterocycles. The third-order valence-electron chi connectivity index (χ3n) is 7.67.